The standard InChI is InChI=1S/C12H14N2O.C7H8O4/c1-8-12(9(2)15-14-8)11-6-4-3-5-10(11)7-13;1-2-3-5(7(10)11)4-6(8)9/h3-6H,7,13H2,1-2H3;2,4H,1,3H2,(H,8,9)(H,10,11)/b;5-4+. The molecule has 7 heteroatoms. The van der Waals surface area contributed by atoms with Crippen LogP contribution >= 0.6 is 0 Å². The number of nitrogens with two attached hydrogens (primary N) is 1. The van der Waals surface area contributed by atoms with Gasteiger partial charge in [-0.15, -0.1) is 6.58 Å². The van der Waals surface area contributed by atoms with Gasteiger partial charge in [0.1, 0.15) is 5.76 Å². The number of aromatic nitrogens is 1. The Hall–Kier alpha value is -3.19. The van der Waals surface area contributed by atoms with Crippen LogP contribution in [0.2, 0.25) is 0 Å². The van der Waals surface area contributed by atoms with Gasteiger partial charge in [-0.2, -0.15) is 0 Å². The molecule has 0 amide bonds. The first-order chi connectivity index (χ1) is 12.3. The zero-order chi connectivity index (χ0) is 19.7. The predicted molar refractivity (Wildman–Crippen MR) is 97.5 cm³/mol. The average Bonchev–Trinajstić information content (AvgIpc) is 2.93. The molecule has 1 aromatic carbocycles. The minimum atomic E-state index is -1.26. The van der Waals surface area contributed by atoms with E-state index < -0.39 is 11.9 Å². The third-order valence-electron chi connectivity index (χ3n) is 3.48. The minimum Gasteiger partial charge on any atom is -0.478 e. The van der Waals surface area contributed by atoms with Crippen LogP contribution in [0.3, 0.4) is 0 Å². The van der Waals surface area contributed by atoms with Gasteiger partial charge < -0.3 is 20.5 Å². The summed E-state index contributed by atoms with van der Waals surface area (Å²) in [5, 5.41) is 20.5. The molecule has 26 heavy (non-hydrogen) atoms. The molecule has 1 aromatic heterocycles. The lowest BCUT2D eigenvalue weighted by Gasteiger charge is -2.06. The van der Waals surface area contributed by atoms with Gasteiger partial charge in [0.05, 0.1) is 5.69 Å². The first kappa shape index (κ1) is 20.9. The second-order valence-electron chi connectivity index (χ2n) is 5.37. The van der Waals surface area contributed by atoms with Crippen LogP contribution in [-0.4, -0.2) is 27.3 Å². The van der Waals surface area contributed by atoms with Gasteiger partial charge in [-0.05, 0) is 31.4 Å². The highest BCUT2D eigenvalue weighted by atomic mass is 16.5. The third-order valence-corrected chi connectivity index (χ3v) is 3.48. The molecule has 1 heterocycles. The van der Waals surface area contributed by atoms with Crippen LogP contribution in [0.25, 0.3) is 11.1 Å². The summed E-state index contributed by atoms with van der Waals surface area (Å²) < 4.78 is 5.16. The Morgan fingerprint density at radius 1 is 1.27 bits per heavy atom. The lowest BCUT2D eigenvalue weighted by Crippen LogP contribution is -2.02. The Kier molecular flexibility index (Phi) is 7.98. The van der Waals surface area contributed by atoms with Gasteiger partial charge in [-0.1, -0.05) is 35.5 Å². The zero-order valence-electron chi connectivity index (χ0n) is 14.7. The van der Waals surface area contributed by atoms with Gasteiger partial charge in [0.25, 0.3) is 0 Å². The highest BCUT2D eigenvalue weighted by molar-refractivity contribution is 5.94. The summed E-state index contributed by atoms with van der Waals surface area (Å²) in [6, 6.07) is 8.07. The number of allylic oxidation sites excluding steroid dienone is 1. The summed E-state index contributed by atoms with van der Waals surface area (Å²) in [5.41, 5.74) is 9.75. The van der Waals surface area contributed by atoms with Gasteiger partial charge in [0.2, 0.25) is 0 Å². The fraction of sp³-hybridized carbons (Fsp3) is 0.211. The number of nitrogens with zero attached hydrogens (tertiary/aromatic N) is 1. The molecular weight excluding hydrogens is 336 g/mol. The molecule has 0 spiro atoms. The topological polar surface area (TPSA) is 127 Å². The van der Waals surface area contributed by atoms with Crippen LogP contribution in [-0.2, 0) is 16.1 Å². The Bertz CT molecular complexity index is 802. The Morgan fingerprint density at radius 2 is 1.92 bits per heavy atom. The van der Waals surface area contributed by atoms with E-state index in [1.807, 2.05) is 32.0 Å². The largest absolute Gasteiger partial charge is 0.478 e. The van der Waals surface area contributed by atoms with Crippen molar-refractivity contribution in [2.45, 2.75) is 26.8 Å². The van der Waals surface area contributed by atoms with E-state index in [1.54, 1.807) is 0 Å². The van der Waals surface area contributed by atoms with E-state index >= 15 is 0 Å². The van der Waals surface area contributed by atoms with E-state index in [0.717, 1.165) is 28.1 Å². The number of aliphatic carboxylic acids is 2. The Labute approximate surface area is 151 Å². The fourth-order valence-electron chi connectivity index (χ4n) is 2.32. The quantitative estimate of drug-likeness (QED) is 0.535. The van der Waals surface area contributed by atoms with Crippen molar-refractivity contribution in [2.24, 2.45) is 5.73 Å². The van der Waals surface area contributed by atoms with Crippen molar-refractivity contribution in [3.05, 3.63) is 65.6 Å². The van der Waals surface area contributed by atoms with E-state index in [-0.39, 0.29) is 12.0 Å². The van der Waals surface area contributed by atoms with Crippen molar-refractivity contribution in [2.75, 3.05) is 0 Å². The van der Waals surface area contributed by atoms with Crippen molar-refractivity contribution in [1.82, 2.24) is 5.16 Å². The van der Waals surface area contributed by atoms with E-state index in [2.05, 4.69) is 17.8 Å². The van der Waals surface area contributed by atoms with Crippen LogP contribution in [0, 0.1) is 13.8 Å². The molecule has 0 aliphatic heterocycles. The summed E-state index contributed by atoms with van der Waals surface area (Å²) >= 11 is 0. The van der Waals surface area contributed by atoms with E-state index in [4.69, 9.17) is 20.5 Å². The van der Waals surface area contributed by atoms with Crippen LogP contribution in [0.1, 0.15) is 23.4 Å². The first-order valence-electron chi connectivity index (χ1n) is 7.80. The van der Waals surface area contributed by atoms with Crippen LogP contribution in [0.15, 0.2) is 53.1 Å². The molecule has 0 unspecified atom stereocenters. The predicted octanol–water partition coefficient (Wildman–Crippen LogP) is 3.08. The molecular formula is C19H22N2O5. The molecule has 2 rings (SSSR count). The molecule has 2 aromatic rings. The van der Waals surface area contributed by atoms with Gasteiger partial charge in [0.15, 0.2) is 0 Å². The second-order valence-corrected chi connectivity index (χ2v) is 5.37. The molecule has 0 saturated heterocycles. The number of hydrogen-bond acceptors (Lipinski definition) is 5. The number of aryl methyl sites for hydroxylation is 2. The van der Waals surface area contributed by atoms with Crippen molar-refractivity contribution in [3.63, 3.8) is 0 Å². The summed E-state index contributed by atoms with van der Waals surface area (Å²) in [5.74, 6) is -1.65. The van der Waals surface area contributed by atoms with Gasteiger partial charge in [-0.3, -0.25) is 0 Å². The smallest absolute Gasteiger partial charge is 0.332 e. The number of carboxylic acids is 2. The molecule has 0 bridgehead atoms. The SMILES string of the molecule is C=CC/C(=C\C(=O)O)C(=O)O.Cc1noc(C)c1-c1ccccc1CN. The second kappa shape index (κ2) is 9.95. The highest BCUT2D eigenvalue weighted by Crippen LogP contribution is 2.29. The van der Waals surface area contributed by atoms with Crippen molar-refractivity contribution >= 4 is 11.9 Å². The first-order valence-corrected chi connectivity index (χ1v) is 7.80. The zero-order valence-corrected chi connectivity index (χ0v) is 14.7. The monoisotopic (exact) mass is 358 g/mol. The number of benzene rings is 1. The van der Waals surface area contributed by atoms with Gasteiger partial charge >= 0.3 is 11.9 Å². The van der Waals surface area contributed by atoms with Gasteiger partial charge in [0, 0.05) is 23.8 Å². The molecule has 0 saturated carbocycles. The third kappa shape index (κ3) is 5.71. The maximum Gasteiger partial charge on any atom is 0.332 e. The van der Waals surface area contributed by atoms with Crippen molar-refractivity contribution in [1.29, 1.82) is 0 Å². The highest BCUT2D eigenvalue weighted by Gasteiger charge is 2.13. The number of hydrogen-bond donors (Lipinski definition) is 3. The molecule has 0 fully saturated rings. The minimum absolute atomic E-state index is 0.0572. The lowest BCUT2D eigenvalue weighted by molar-refractivity contribution is -0.135. The summed E-state index contributed by atoms with van der Waals surface area (Å²) in [6.07, 6.45) is 2.05. The van der Waals surface area contributed by atoms with E-state index in [1.165, 1.54) is 6.08 Å². The van der Waals surface area contributed by atoms with Gasteiger partial charge in [-0.25, -0.2) is 9.59 Å². The normalized spacial score (nSPS) is 10.7. The fourth-order valence-corrected chi connectivity index (χ4v) is 2.32. The Morgan fingerprint density at radius 3 is 2.38 bits per heavy atom. The summed E-state index contributed by atoms with van der Waals surface area (Å²) in [4.78, 5) is 20.3. The lowest BCUT2D eigenvalue weighted by atomic mass is 9.98. The van der Waals surface area contributed by atoms with Crippen LogP contribution in [0.5, 0.6) is 0 Å². The van der Waals surface area contributed by atoms with Crippen molar-refractivity contribution < 1.29 is 24.3 Å². The molecule has 0 radical (unpaired) electrons. The maximum atomic E-state index is 10.2. The summed E-state index contributed by atoms with van der Waals surface area (Å²) in [7, 11) is 0. The van der Waals surface area contributed by atoms with E-state index in [0.29, 0.717) is 12.6 Å². The summed E-state index contributed by atoms with van der Waals surface area (Å²) in [6.45, 7) is 7.68. The molecule has 4 N–H and O–H groups in total. The molecule has 0 aliphatic carbocycles. The molecule has 138 valence electrons. The van der Waals surface area contributed by atoms with Crippen molar-refractivity contribution in [3.8, 4) is 11.1 Å². The molecule has 0 aliphatic rings. The van der Waals surface area contributed by atoms with E-state index in [9.17, 15) is 9.59 Å². The molecule has 7 nitrogen and oxygen atoms in total. The number of carboxylic acid groups (broad SMARTS) is 2. The number of rotatable bonds is 6. The Balaban J connectivity index is 0.000000276. The van der Waals surface area contributed by atoms with Crippen LogP contribution < -0.4 is 5.73 Å². The molecule has 0 atom stereocenters. The average molecular weight is 358 g/mol. The van der Waals surface area contributed by atoms with Crippen LogP contribution in [0.4, 0.5) is 0 Å². The number of carbonyl (C=O) groups is 2. The maximum absolute atomic E-state index is 10.2.